The van der Waals surface area contributed by atoms with Gasteiger partial charge in [-0.05, 0) is 0 Å². The molecule has 0 aromatic heterocycles. The summed E-state index contributed by atoms with van der Waals surface area (Å²) in [6, 6.07) is -1.10. The third-order valence-electron chi connectivity index (χ3n) is 2.74. The van der Waals surface area contributed by atoms with Crippen molar-refractivity contribution in [2.24, 2.45) is 0 Å². The summed E-state index contributed by atoms with van der Waals surface area (Å²) in [6.07, 6.45) is 1.02. The molecule has 0 aliphatic carbocycles. The lowest BCUT2D eigenvalue weighted by Gasteiger charge is -2.29. The van der Waals surface area contributed by atoms with Crippen molar-refractivity contribution in [3.63, 3.8) is 0 Å². The molecule has 0 saturated carbocycles. The van der Waals surface area contributed by atoms with Gasteiger partial charge in [0.05, 0.1) is 18.9 Å². The first-order valence-electron chi connectivity index (χ1n) is 6.35. The van der Waals surface area contributed by atoms with Crippen LogP contribution >= 0.6 is 12.6 Å². The number of amides is 2. The fourth-order valence-electron chi connectivity index (χ4n) is 1.83. The maximum absolute atomic E-state index is 12.1. The lowest BCUT2D eigenvalue weighted by molar-refractivity contribution is -0.148. The quantitative estimate of drug-likeness (QED) is 0.350. The van der Waals surface area contributed by atoms with Crippen LogP contribution in [0.1, 0.15) is 0 Å². The van der Waals surface area contributed by atoms with Crippen molar-refractivity contribution < 1.29 is 28.6 Å². The predicted molar refractivity (Wildman–Crippen MR) is 80.2 cm³/mol. The molecular weight excluding hydrogens is 312 g/mol. The Balaban J connectivity index is 3.00. The summed E-state index contributed by atoms with van der Waals surface area (Å²) in [5.74, 6) is -0.713. The van der Waals surface area contributed by atoms with Crippen molar-refractivity contribution in [1.29, 1.82) is 0 Å². The zero-order chi connectivity index (χ0) is 16.7. The molecule has 0 aromatic rings. The molecule has 1 saturated heterocycles. The highest BCUT2D eigenvalue weighted by Gasteiger charge is 2.49. The first-order valence-corrected chi connectivity index (χ1v) is 6.87. The minimum Gasteiger partial charge on any atom is -0.467 e. The fraction of sp³-hybridized carbons (Fsp3) is 0.462. The number of esters is 1. The van der Waals surface area contributed by atoms with Crippen LogP contribution in [-0.2, 0) is 19.0 Å². The molecule has 1 rings (SSSR count). The smallest absolute Gasteiger partial charge is 0.430 e. The molecule has 0 bridgehead atoms. The van der Waals surface area contributed by atoms with Crippen LogP contribution < -0.4 is 0 Å². The number of methoxy groups -OCH3 is 1. The minimum absolute atomic E-state index is 0.0119. The van der Waals surface area contributed by atoms with Gasteiger partial charge in [-0.3, -0.25) is 0 Å². The van der Waals surface area contributed by atoms with Gasteiger partial charge in [-0.25, -0.2) is 19.4 Å². The molecule has 1 heterocycles. The first-order chi connectivity index (χ1) is 10.5. The number of hydrogen-bond donors (Lipinski definition) is 1. The predicted octanol–water partition coefficient (Wildman–Crippen LogP) is 1.00. The molecule has 0 radical (unpaired) electrons. The molecule has 1 aliphatic rings. The lowest BCUT2D eigenvalue weighted by Crippen LogP contribution is -2.52. The van der Waals surface area contributed by atoms with E-state index in [1.54, 1.807) is 0 Å². The zero-order valence-electron chi connectivity index (χ0n) is 12.1. The largest absolute Gasteiger partial charge is 0.467 e. The Morgan fingerprint density at radius 1 is 1.18 bits per heavy atom. The zero-order valence-corrected chi connectivity index (χ0v) is 13.0. The molecule has 22 heavy (non-hydrogen) atoms. The van der Waals surface area contributed by atoms with E-state index < -0.39 is 29.4 Å². The fourth-order valence-corrected chi connectivity index (χ4v) is 2.23. The highest BCUT2D eigenvalue weighted by molar-refractivity contribution is 7.81. The van der Waals surface area contributed by atoms with E-state index in [2.05, 4.69) is 30.5 Å². The van der Waals surface area contributed by atoms with Crippen LogP contribution in [0.15, 0.2) is 25.3 Å². The van der Waals surface area contributed by atoms with Crippen LogP contribution in [0.2, 0.25) is 0 Å². The maximum Gasteiger partial charge on any atom is 0.430 e. The maximum atomic E-state index is 12.1. The van der Waals surface area contributed by atoms with E-state index >= 15 is 0 Å². The number of carbonyl (C=O) groups is 3. The third kappa shape index (κ3) is 3.94. The summed E-state index contributed by atoms with van der Waals surface area (Å²) >= 11 is 4.23. The highest BCUT2D eigenvalue weighted by Crippen LogP contribution is 2.26. The van der Waals surface area contributed by atoms with Crippen molar-refractivity contribution in [3.8, 4) is 0 Å². The molecule has 1 fully saturated rings. The first kappa shape index (κ1) is 17.9. The van der Waals surface area contributed by atoms with Crippen molar-refractivity contribution in [3.05, 3.63) is 25.3 Å². The van der Waals surface area contributed by atoms with Gasteiger partial charge in [-0.1, -0.05) is 25.3 Å². The number of ether oxygens (including phenoxy) is 3. The van der Waals surface area contributed by atoms with Crippen molar-refractivity contribution in [1.82, 2.24) is 10.0 Å². The van der Waals surface area contributed by atoms with E-state index in [1.807, 2.05) is 0 Å². The van der Waals surface area contributed by atoms with Crippen molar-refractivity contribution >= 4 is 30.8 Å². The van der Waals surface area contributed by atoms with Crippen LogP contribution in [0.25, 0.3) is 0 Å². The van der Waals surface area contributed by atoms with Gasteiger partial charge in [0.2, 0.25) is 0 Å². The van der Waals surface area contributed by atoms with Crippen LogP contribution in [0.5, 0.6) is 0 Å². The monoisotopic (exact) mass is 330 g/mol. The molecule has 0 spiro atoms. The van der Waals surface area contributed by atoms with E-state index in [1.165, 1.54) is 19.3 Å². The topological polar surface area (TPSA) is 85.4 Å². The standard InChI is InChI=1S/C13H18N2O6S/c1-4-6-20-12(17)14-8-9(22)10(11(16)19-3)15(14)13(18)21-7-5-2/h4-5,9-10,22H,1-2,6-8H2,3H3. The summed E-state index contributed by atoms with van der Waals surface area (Å²) in [5.41, 5.74) is 0. The summed E-state index contributed by atoms with van der Waals surface area (Å²) < 4.78 is 14.4. The second-order valence-corrected chi connectivity index (χ2v) is 4.86. The molecule has 2 atom stereocenters. The summed E-state index contributed by atoms with van der Waals surface area (Å²) in [4.78, 5) is 36.0. The molecular formula is C13H18N2O6S. The number of rotatable bonds is 5. The minimum atomic E-state index is -1.10. The highest BCUT2D eigenvalue weighted by atomic mass is 32.1. The lowest BCUT2D eigenvalue weighted by atomic mass is 10.2. The normalized spacial score (nSPS) is 20.3. The Morgan fingerprint density at radius 3 is 2.23 bits per heavy atom. The van der Waals surface area contributed by atoms with Crippen molar-refractivity contribution in [2.75, 3.05) is 26.9 Å². The molecule has 0 aromatic carbocycles. The number of nitrogens with zero attached hydrogens (tertiary/aromatic N) is 2. The van der Waals surface area contributed by atoms with Gasteiger partial charge < -0.3 is 14.2 Å². The van der Waals surface area contributed by atoms with Gasteiger partial charge in [0.25, 0.3) is 0 Å². The second-order valence-electron chi connectivity index (χ2n) is 4.19. The van der Waals surface area contributed by atoms with Crippen LogP contribution in [0, 0.1) is 0 Å². The number of hydrazine groups is 1. The van der Waals surface area contributed by atoms with E-state index in [4.69, 9.17) is 9.47 Å². The van der Waals surface area contributed by atoms with Crippen LogP contribution in [0.4, 0.5) is 9.59 Å². The average Bonchev–Trinajstić information content (AvgIpc) is 2.86. The van der Waals surface area contributed by atoms with E-state index in [0.717, 1.165) is 10.0 Å². The van der Waals surface area contributed by atoms with Gasteiger partial charge in [-0.2, -0.15) is 17.6 Å². The number of carbonyl (C=O) groups excluding carboxylic acids is 3. The van der Waals surface area contributed by atoms with E-state index in [9.17, 15) is 14.4 Å². The van der Waals surface area contributed by atoms with Gasteiger partial charge in [0, 0.05) is 0 Å². The van der Waals surface area contributed by atoms with Crippen LogP contribution in [-0.4, -0.2) is 66.3 Å². The summed E-state index contributed by atoms with van der Waals surface area (Å²) in [5, 5.41) is 1.16. The Labute approximate surface area is 133 Å². The van der Waals surface area contributed by atoms with E-state index in [0.29, 0.717) is 0 Å². The second kappa shape index (κ2) is 8.32. The van der Waals surface area contributed by atoms with Gasteiger partial charge in [-0.15, -0.1) is 0 Å². The number of hydrogen-bond acceptors (Lipinski definition) is 7. The van der Waals surface area contributed by atoms with Gasteiger partial charge >= 0.3 is 18.2 Å². The molecule has 9 heteroatoms. The summed E-state index contributed by atoms with van der Waals surface area (Å²) in [7, 11) is 1.18. The number of thiol groups is 1. The Hall–Kier alpha value is -2.16. The molecule has 2 unspecified atom stereocenters. The molecule has 2 amide bonds. The Kier molecular flexibility index (Phi) is 6.77. The van der Waals surface area contributed by atoms with Gasteiger partial charge in [0.15, 0.2) is 6.04 Å². The van der Waals surface area contributed by atoms with Crippen molar-refractivity contribution in [2.45, 2.75) is 11.3 Å². The third-order valence-corrected chi connectivity index (χ3v) is 3.18. The Morgan fingerprint density at radius 2 is 1.73 bits per heavy atom. The Bertz CT molecular complexity index is 469. The molecule has 0 N–H and O–H groups in total. The molecule has 122 valence electrons. The molecule has 8 nitrogen and oxygen atoms in total. The van der Waals surface area contributed by atoms with E-state index in [-0.39, 0.29) is 19.8 Å². The average molecular weight is 330 g/mol. The summed E-state index contributed by atoms with van der Waals surface area (Å²) in [6.45, 7) is 6.72. The SMILES string of the molecule is C=CCOC(=O)N1CC(S)C(C(=O)OC)N1C(=O)OCC=C. The molecule has 1 aliphatic heterocycles. The van der Waals surface area contributed by atoms with Crippen LogP contribution in [0.3, 0.4) is 0 Å². The van der Waals surface area contributed by atoms with Gasteiger partial charge in [0.1, 0.15) is 13.2 Å².